The first-order valence-corrected chi connectivity index (χ1v) is 6.64. The van der Waals surface area contributed by atoms with Crippen LogP contribution in [0.3, 0.4) is 0 Å². The van der Waals surface area contributed by atoms with Crippen molar-refractivity contribution in [1.82, 2.24) is 9.78 Å². The number of nitrogens with zero attached hydrogens (tertiary/aromatic N) is 2. The molecule has 4 heteroatoms. The maximum atomic E-state index is 5.05. The molecule has 0 spiro atoms. The van der Waals surface area contributed by atoms with Crippen LogP contribution in [-0.2, 0) is 11.3 Å². The third kappa shape index (κ3) is 2.32. The van der Waals surface area contributed by atoms with Crippen LogP contribution in [0.4, 0.5) is 5.82 Å². The maximum absolute atomic E-state index is 5.05. The van der Waals surface area contributed by atoms with E-state index in [1.807, 2.05) is 10.9 Å². The Bertz CT molecular complexity index is 376. The summed E-state index contributed by atoms with van der Waals surface area (Å²) >= 11 is 0. The van der Waals surface area contributed by atoms with Crippen LogP contribution in [0.1, 0.15) is 25.7 Å². The zero-order valence-electron chi connectivity index (χ0n) is 10.4. The second-order valence-corrected chi connectivity index (χ2v) is 5.38. The third-order valence-electron chi connectivity index (χ3n) is 4.24. The Labute approximate surface area is 102 Å². The van der Waals surface area contributed by atoms with E-state index in [1.165, 1.54) is 25.7 Å². The fourth-order valence-electron chi connectivity index (χ4n) is 3.36. The molecule has 0 radical (unpaired) electrons. The van der Waals surface area contributed by atoms with E-state index in [0.717, 1.165) is 30.8 Å². The van der Waals surface area contributed by atoms with E-state index in [-0.39, 0.29) is 0 Å². The molecule has 4 nitrogen and oxygen atoms in total. The van der Waals surface area contributed by atoms with Gasteiger partial charge in [-0.2, -0.15) is 5.10 Å². The summed E-state index contributed by atoms with van der Waals surface area (Å²) in [5.41, 5.74) is 0. The van der Waals surface area contributed by atoms with Gasteiger partial charge in [0.1, 0.15) is 5.82 Å². The van der Waals surface area contributed by atoms with Gasteiger partial charge in [0.05, 0.1) is 13.2 Å². The average molecular weight is 235 g/mol. The monoisotopic (exact) mass is 235 g/mol. The third-order valence-corrected chi connectivity index (χ3v) is 4.24. The lowest BCUT2D eigenvalue weighted by Crippen LogP contribution is -2.26. The molecule has 2 aliphatic rings. The summed E-state index contributed by atoms with van der Waals surface area (Å²) < 4.78 is 6.99. The summed E-state index contributed by atoms with van der Waals surface area (Å²) in [6.07, 6.45) is 7.66. The van der Waals surface area contributed by atoms with Crippen molar-refractivity contribution in [3.63, 3.8) is 0 Å². The minimum absolute atomic E-state index is 0.666. The van der Waals surface area contributed by atoms with Gasteiger partial charge in [0.2, 0.25) is 0 Å². The normalized spacial score (nSPS) is 31.0. The first kappa shape index (κ1) is 11.1. The number of hydrogen-bond acceptors (Lipinski definition) is 3. The number of methoxy groups -OCH3 is 1. The van der Waals surface area contributed by atoms with E-state index < -0.39 is 0 Å². The lowest BCUT2D eigenvalue weighted by molar-refractivity contribution is 0.183. The number of ether oxygens (including phenoxy) is 1. The number of nitrogens with one attached hydrogen (secondary N) is 1. The van der Waals surface area contributed by atoms with Gasteiger partial charge in [0.15, 0.2) is 0 Å². The minimum Gasteiger partial charge on any atom is -0.383 e. The molecular formula is C13H21N3O. The highest BCUT2D eigenvalue weighted by Gasteiger charge is 2.39. The molecule has 2 fully saturated rings. The standard InChI is InChI=1S/C13H21N3O/c1-17-7-6-16-5-4-13(15-16)14-12-9-10-2-3-11(12)8-10/h4-5,10-12H,2-3,6-9H2,1H3,(H,14,15)/t10-,11-,12-/m0/s1. The van der Waals surface area contributed by atoms with Gasteiger partial charge < -0.3 is 10.1 Å². The SMILES string of the molecule is COCCn1ccc(N[C@H]2C[C@H]3CC[C@H]2C3)n1. The summed E-state index contributed by atoms with van der Waals surface area (Å²) in [4.78, 5) is 0. The quantitative estimate of drug-likeness (QED) is 0.849. The molecule has 1 heterocycles. The van der Waals surface area contributed by atoms with Gasteiger partial charge in [-0.25, -0.2) is 0 Å². The largest absolute Gasteiger partial charge is 0.383 e. The average Bonchev–Trinajstić information content (AvgIpc) is 3.02. The molecule has 1 aromatic heterocycles. The Balaban J connectivity index is 1.56. The Morgan fingerprint density at radius 1 is 1.47 bits per heavy atom. The van der Waals surface area contributed by atoms with Crippen molar-refractivity contribution in [2.45, 2.75) is 38.3 Å². The van der Waals surface area contributed by atoms with E-state index >= 15 is 0 Å². The van der Waals surface area contributed by atoms with Crippen LogP contribution in [0.25, 0.3) is 0 Å². The molecule has 3 rings (SSSR count). The topological polar surface area (TPSA) is 39.1 Å². The second-order valence-electron chi connectivity index (χ2n) is 5.38. The van der Waals surface area contributed by atoms with Gasteiger partial charge in [0.25, 0.3) is 0 Å². The van der Waals surface area contributed by atoms with Crippen LogP contribution < -0.4 is 5.32 Å². The molecule has 0 saturated heterocycles. The smallest absolute Gasteiger partial charge is 0.148 e. The molecule has 2 aliphatic carbocycles. The highest BCUT2D eigenvalue weighted by Crippen LogP contribution is 2.45. The van der Waals surface area contributed by atoms with Crippen molar-refractivity contribution >= 4 is 5.82 Å². The number of anilines is 1. The molecule has 1 N–H and O–H groups in total. The van der Waals surface area contributed by atoms with Crippen molar-refractivity contribution < 1.29 is 4.74 Å². The highest BCUT2D eigenvalue weighted by atomic mass is 16.5. The van der Waals surface area contributed by atoms with Gasteiger partial charge >= 0.3 is 0 Å². The molecule has 3 atom stereocenters. The summed E-state index contributed by atoms with van der Waals surface area (Å²) in [7, 11) is 1.72. The van der Waals surface area contributed by atoms with Crippen LogP contribution in [0.2, 0.25) is 0 Å². The van der Waals surface area contributed by atoms with Crippen LogP contribution in [0, 0.1) is 11.8 Å². The molecule has 94 valence electrons. The Hall–Kier alpha value is -1.03. The molecule has 0 unspecified atom stereocenters. The fraction of sp³-hybridized carbons (Fsp3) is 0.769. The van der Waals surface area contributed by atoms with Crippen molar-refractivity contribution in [2.75, 3.05) is 19.0 Å². The summed E-state index contributed by atoms with van der Waals surface area (Å²) in [5, 5.41) is 8.12. The predicted molar refractivity (Wildman–Crippen MR) is 67.0 cm³/mol. The van der Waals surface area contributed by atoms with E-state index in [2.05, 4.69) is 16.5 Å². The van der Waals surface area contributed by atoms with E-state index in [1.54, 1.807) is 7.11 Å². The van der Waals surface area contributed by atoms with Crippen LogP contribution >= 0.6 is 0 Å². The van der Waals surface area contributed by atoms with E-state index in [9.17, 15) is 0 Å². The molecule has 0 aliphatic heterocycles. The Morgan fingerprint density at radius 2 is 2.41 bits per heavy atom. The van der Waals surface area contributed by atoms with Crippen molar-refractivity contribution in [3.8, 4) is 0 Å². The highest BCUT2D eigenvalue weighted by molar-refractivity contribution is 5.34. The first-order chi connectivity index (χ1) is 8.35. The lowest BCUT2D eigenvalue weighted by Gasteiger charge is -2.22. The van der Waals surface area contributed by atoms with Gasteiger partial charge in [-0.05, 0) is 31.1 Å². The first-order valence-electron chi connectivity index (χ1n) is 6.64. The number of aromatic nitrogens is 2. The summed E-state index contributed by atoms with van der Waals surface area (Å²) in [6.45, 7) is 1.55. The van der Waals surface area contributed by atoms with Crippen LogP contribution in [-0.4, -0.2) is 29.5 Å². The molecule has 1 aromatic rings. The number of fused-ring (bicyclic) bond motifs is 2. The molecule has 0 aromatic carbocycles. The molecule has 2 bridgehead atoms. The van der Waals surface area contributed by atoms with Crippen LogP contribution in [0.5, 0.6) is 0 Å². The molecule has 2 saturated carbocycles. The van der Waals surface area contributed by atoms with Gasteiger partial charge in [-0.3, -0.25) is 4.68 Å². The molecule has 0 amide bonds. The van der Waals surface area contributed by atoms with E-state index in [4.69, 9.17) is 4.74 Å². The Kier molecular flexibility index (Phi) is 3.05. The minimum atomic E-state index is 0.666. The lowest BCUT2D eigenvalue weighted by atomic mass is 9.95. The predicted octanol–water partition coefficient (Wildman–Crippen LogP) is 2.13. The Morgan fingerprint density at radius 3 is 3.12 bits per heavy atom. The fourth-order valence-corrected chi connectivity index (χ4v) is 3.36. The van der Waals surface area contributed by atoms with Gasteiger partial charge in [-0.1, -0.05) is 6.42 Å². The second kappa shape index (κ2) is 4.69. The molecule has 17 heavy (non-hydrogen) atoms. The van der Waals surface area contributed by atoms with E-state index in [0.29, 0.717) is 6.04 Å². The van der Waals surface area contributed by atoms with Crippen molar-refractivity contribution in [2.24, 2.45) is 11.8 Å². The van der Waals surface area contributed by atoms with Crippen molar-refractivity contribution in [3.05, 3.63) is 12.3 Å². The summed E-state index contributed by atoms with van der Waals surface area (Å²) in [6, 6.07) is 2.74. The number of rotatable bonds is 5. The molecular weight excluding hydrogens is 214 g/mol. The zero-order chi connectivity index (χ0) is 11.7. The summed E-state index contributed by atoms with van der Waals surface area (Å²) in [5.74, 6) is 2.90. The van der Waals surface area contributed by atoms with Crippen molar-refractivity contribution in [1.29, 1.82) is 0 Å². The zero-order valence-corrected chi connectivity index (χ0v) is 10.4. The number of hydrogen-bond donors (Lipinski definition) is 1. The van der Waals surface area contributed by atoms with Crippen LogP contribution in [0.15, 0.2) is 12.3 Å². The maximum Gasteiger partial charge on any atom is 0.148 e. The van der Waals surface area contributed by atoms with Gasteiger partial charge in [0, 0.05) is 25.4 Å². The van der Waals surface area contributed by atoms with Gasteiger partial charge in [-0.15, -0.1) is 0 Å².